The van der Waals surface area contributed by atoms with Crippen molar-refractivity contribution in [2.75, 3.05) is 6.26 Å². The highest BCUT2D eigenvalue weighted by Crippen LogP contribution is 2.45. The molecule has 0 aromatic rings. The van der Waals surface area contributed by atoms with E-state index in [-0.39, 0.29) is 25.7 Å². The maximum atomic E-state index is 12.8. The van der Waals surface area contributed by atoms with Crippen LogP contribution in [0, 0.1) is 0 Å². The molecular weight excluding hydrogens is 279 g/mol. The van der Waals surface area contributed by atoms with Gasteiger partial charge in [-0.15, -0.1) is 4.28 Å². The lowest BCUT2D eigenvalue weighted by atomic mass is 10.0. The van der Waals surface area contributed by atoms with E-state index in [1.807, 2.05) is 0 Å². The molecule has 1 amide bonds. The van der Waals surface area contributed by atoms with Crippen LogP contribution in [0.25, 0.3) is 0 Å². The molecule has 0 spiro atoms. The van der Waals surface area contributed by atoms with Crippen LogP contribution in [0.4, 0.5) is 18.0 Å². The van der Waals surface area contributed by atoms with Gasteiger partial charge >= 0.3 is 12.3 Å². The third-order valence-electron chi connectivity index (χ3n) is 2.49. The Hall–Kier alpha value is -1.03. The largest absolute Gasteiger partial charge is 0.433 e. The molecule has 1 aliphatic carbocycles. The quantitative estimate of drug-likeness (QED) is 0.796. The molecule has 1 N–H and O–H groups in total. The summed E-state index contributed by atoms with van der Waals surface area (Å²) in [4.78, 5) is 11.1. The number of ether oxygens (including phenoxy) is 1. The Kier molecular flexibility index (Phi) is 4.11. The summed E-state index contributed by atoms with van der Waals surface area (Å²) in [5.74, 6) is 0. The maximum absolute atomic E-state index is 12.8. The second kappa shape index (κ2) is 4.92. The molecule has 0 aromatic carbocycles. The second-order valence-corrected chi connectivity index (χ2v) is 5.55. The Balaban J connectivity index is 2.66. The van der Waals surface area contributed by atoms with E-state index in [0.29, 0.717) is 6.26 Å². The molecule has 18 heavy (non-hydrogen) atoms. The molecule has 0 heterocycles. The van der Waals surface area contributed by atoms with Gasteiger partial charge in [0.1, 0.15) is 0 Å². The Bertz CT molecular complexity index is 413. The van der Waals surface area contributed by atoms with E-state index < -0.39 is 28.0 Å². The third-order valence-corrected chi connectivity index (χ3v) is 2.88. The number of hydrogen-bond donors (Lipinski definition) is 1. The van der Waals surface area contributed by atoms with E-state index in [2.05, 4.69) is 9.02 Å². The van der Waals surface area contributed by atoms with Gasteiger partial charge in [-0.2, -0.15) is 27.1 Å². The second-order valence-electron chi connectivity index (χ2n) is 3.98. The average Bonchev–Trinajstić information content (AvgIpc) is 2.62. The molecule has 1 saturated carbocycles. The predicted molar refractivity (Wildman–Crippen MR) is 52.8 cm³/mol. The first-order chi connectivity index (χ1) is 8.06. The summed E-state index contributed by atoms with van der Waals surface area (Å²) in [6.45, 7) is 0. The number of rotatable bonds is 3. The molecule has 1 aliphatic rings. The Morgan fingerprint density at radius 1 is 1.28 bits per heavy atom. The van der Waals surface area contributed by atoms with Crippen molar-refractivity contribution in [2.45, 2.75) is 37.5 Å². The van der Waals surface area contributed by atoms with Crippen molar-refractivity contribution in [1.29, 1.82) is 0 Å². The van der Waals surface area contributed by atoms with Gasteiger partial charge in [0.05, 0.1) is 6.26 Å². The predicted octanol–water partition coefficient (Wildman–Crippen LogP) is 1.48. The molecule has 0 bridgehead atoms. The number of carbonyl (C=O) groups is 1. The van der Waals surface area contributed by atoms with Crippen molar-refractivity contribution >= 4 is 16.2 Å². The lowest BCUT2D eigenvalue weighted by Gasteiger charge is -2.30. The Morgan fingerprint density at radius 2 is 1.78 bits per heavy atom. The molecule has 0 radical (unpaired) electrons. The average molecular weight is 291 g/mol. The van der Waals surface area contributed by atoms with Gasteiger partial charge in [0.2, 0.25) is 5.60 Å². The Labute approximate surface area is 102 Å². The van der Waals surface area contributed by atoms with E-state index in [0.717, 1.165) is 0 Å². The number of halogens is 3. The number of carbonyl (C=O) groups excluding carboxylic acids is 1. The van der Waals surface area contributed by atoms with Gasteiger partial charge in [0, 0.05) is 0 Å². The molecule has 0 aromatic heterocycles. The minimum atomic E-state index is -4.70. The molecule has 0 aliphatic heterocycles. The van der Waals surface area contributed by atoms with Crippen molar-refractivity contribution in [3.05, 3.63) is 0 Å². The molecule has 10 heteroatoms. The normalized spacial score (nSPS) is 19.6. The fourth-order valence-electron chi connectivity index (χ4n) is 1.70. The monoisotopic (exact) mass is 291 g/mol. The number of hydroxylamine groups is 1. The first-order valence-electron chi connectivity index (χ1n) is 5.00. The van der Waals surface area contributed by atoms with Crippen LogP contribution in [0.1, 0.15) is 25.7 Å². The molecule has 0 unspecified atom stereocenters. The fraction of sp³-hybridized carbons (Fsp3) is 0.875. The van der Waals surface area contributed by atoms with Gasteiger partial charge in [-0.05, 0) is 25.7 Å². The summed E-state index contributed by atoms with van der Waals surface area (Å²) in [6, 6.07) is 0. The Morgan fingerprint density at radius 3 is 2.17 bits per heavy atom. The van der Waals surface area contributed by atoms with Gasteiger partial charge in [0.25, 0.3) is 10.1 Å². The molecular formula is C8H12F3NO5S. The minimum absolute atomic E-state index is 0.278. The van der Waals surface area contributed by atoms with Crippen LogP contribution >= 0.6 is 0 Å². The van der Waals surface area contributed by atoms with Crippen molar-refractivity contribution in [3.8, 4) is 0 Å². The first-order valence-corrected chi connectivity index (χ1v) is 6.82. The van der Waals surface area contributed by atoms with Crippen LogP contribution in [-0.2, 0) is 19.1 Å². The summed E-state index contributed by atoms with van der Waals surface area (Å²) in [5.41, 5.74) is -1.26. The first kappa shape index (κ1) is 15.0. The van der Waals surface area contributed by atoms with E-state index >= 15 is 0 Å². The van der Waals surface area contributed by atoms with Gasteiger partial charge < -0.3 is 4.74 Å². The van der Waals surface area contributed by atoms with Crippen molar-refractivity contribution in [2.24, 2.45) is 0 Å². The van der Waals surface area contributed by atoms with Gasteiger partial charge in [-0.25, -0.2) is 4.79 Å². The topological polar surface area (TPSA) is 81.7 Å². The summed E-state index contributed by atoms with van der Waals surface area (Å²) < 4.78 is 67.6. The third kappa shape index (κ3) is 3.73. The fourth-order valence-corrected chi connectivity index (χ4v) is 1.92. The molecule has 1 rings (SSSR count). The molecule has 6 nitrogen and oxygen atoms in total. The zero-order valence-corrected chi connectivity index (χ0v) is 10.2. The van der Waals surface area contributed by atoms with Gasteiger partial charge in [0.15, 0.2) is 0 Å². The lowest BCUT2D eigenvalue weighted by Crippen LogP contribution is -2.48. The molecule has 0 atom stereocenters. The number of nitrogens with one attached hydrogen (secondary N) is 1. The van der Waals surface area contributed by atoms with Crippen LogP contribution in [-0.4, -0.2) is 32.5 Å². The molecule has 106 valence electrons. The highest BCUT2D eigenvalue weighted by molar-refractivity contribution is 7.85. The smallest absolute Gasteiger partial charge is 0.432 e. The zero-order valence-electron chi connectivity index (χ0n) is 9.41. The maximum Gasteiger partial charge on any atom is 0.433 e. The van der Waals surface area contributed by atoms with Crippen LogP contribution in [0.15, 0.2) is 0 Å². The number of hydrogen-bond acceptors (Lipinski definition) is 5. The zero-order chi connectivity index (χ0) is 14.0. The van der Waals surface area contributed by atoms with E-state index in [1.165, 1.54) is 5.48 Å². The van der Waals surface area contributed by atoms with Crippen LogP contribution in [0.3, 0.4) is 0 Å². The van der Waals surface area contributed by atoms with Crippen molar-refractivity contribution in [3.63, 3.8) is 0 Å². The van der Waals surface area contributed by atoms with Crippen molar-refractivity contribution < 1.29 is 35.4 Å². The molecule has 1 fully saturated rings. The summed E-state index contributed by atoms with van der Waals surface area (Å²) >= 11 is 0. The van der Waals surface area contributed by atoms with Crippen LogP contribution in [0.5, 0.6) is 0 Å². The molecule has 0 saturated heterocycles. The van der Waals surface area contributed by atoms with Gasteiger partial charge in [-0.3, -0.25) is 0 Å². The minimum Gasteiger partial charge on any atom is -0.432 e. The highest BCUT2D eigenvalue weighted by atomic mass is 32.2. The standard InChI is InChI=1S/C8H12F3NO5S/c1-18(14,15)17-12-6(13)16-7(8(9,10)11)4-2-3-5-7/h2-5H2,1H3,(H,12,13). The lowest BCUT2D eigenvalue weighted by molar-refractivity contribution is -0.256. The van der Waals surface area contributed by atoms with E-state index in [4.69, 9.17) is 0 Å². The van der Waals surface area contributed by atoms with Gasteiger partial charge in [-0.1, -0.05) is 0 Å². The summed E-state index contributed by atoms with van der Waals surface area (Å²) in [6.07, 6.45) is -5.79. The number of alkyl halides is 3. The van der Waals surface area contributed by atoms with Crippen LogP contribution in [0.2, 0.25) is 0 Å². The van der Waals surface area contributed by atoms with E-state index in [1.54, 1.807) is 0 Å². The van der Waals surface area contributed by atoms with Crippen molar-refractivity contribution in [1.82, 2.24) is 5.48 Å². The van der Waals surface area contributed by atoms with Crippen LogP contribution < -0.4 is 5.48 Å². The number of amides is 1. The summed E-state index contributed by atoms with van der Waals surface area (Å²) in [5, 5.41) is 0. The SMILES string of the molecule is CS(=O)(=O)ONC(=O)OC1(C(F)(F)F)CCCC1. The van der Waals surface area contributed by atoms with E-state index in [9.17, 15) is 26.4 Å². The highest BCUT2D eigenvalue weighted by Gasteiger charge is 2.59. The summed E-state index contributed by atoms with van der Waals surface area (Å²) in [7, 11) is -4.00.